The molecular weight excluding hydrogens is 309 g/mol. The van der Waals surface area contributed by atoms with Crippen molar-refractivity contribution in [3.63, 3.8) is 0 Å². The first-order valence-corrected chi connectivity index (χ1v) is 8.86. The second kappa shape index (κ2) is 6.81. The van der Waals surface area contributed by atoms with Crippen LogP contribution in [0.1, 0.15) is 17.6 Å². The number of likely N-dealkylation sites (N-methyl/N-ethyl adjacent to an activating group) is 1. The topological polar surface area (TPSA) is 51.0 Å². The van der Waals surface area contributed by atoms with E-state index in [1.807, 2.05) is 24.9 Å². The number of thioether (sulfide) groups is 2. The predicted octanol–water partition coefficient (Wildman–Crippen LogP) is 2.92. The Bertz CT molecular complexity index is 607. The highest BCUT2D eigenvalue weighted by Crippen LogP contribution is 2.32. The molecule has 0 bridgehead atoms. The Hall–Kier alpha value is -1.05. The van der Waals surface area contributed by atoms with E-state index in [2.05, 4.69) is 15.5 Å². The molecule has 0 spiro atoms. The Kier molecular flexibility index (Phi) is 4.82. The van der Waals surface area contributed by atoms with Gasteiger partial charge in [-0.2, -0.15) is 16.7 Å². The summed E-state index contributed by atoms with van der Waals surface area (Å²) in [6.07, 6.45) is 0. The first-order valence-electron chi connectivity index (χ1n) is 6.72. The van der Waals surface area contributed by atoms with Gasteiger partial charge in [-0.05, 0) is 25.2 Å². The summed E-state index contributed by atoms with van der Waals surface area (Å²) in [4.78, 5) is 5.35. The van der Waals surface area contributed by atoms with Crippen LogP contribution in [0.3, 0.4) is 0 Å². The molecule has 2 heterocycles. The van der Waals surface area contributed by atoms with E-state index < -0.39 is 0 Å². The lowest BCUT2D eigenvalue weighted by atomic mass is 10.0. The molecule has 1 saturated heterocycles. The lowest BCUT2D eigenvalue weighted by molar-refractivity contribution is 0.341. The number of nitrogens with one attached hydrogen (secondary N) is 1. The minimum Gasteiger partial charge on any atom is -0.339 e. The lowest BCUT2D eigenvalue weighted by Gasteiger charge is -2.13. The van der Waals surface area contributed by atoms with Crippen molar-refractivity contribution in [2.24, 2.45) is 0 Å². The Morgan fingerprint density at radius 3 is 3.19 bits per heavy atom. The van der Waals surface area contributed by atoms with Crippen molar-refractivity contribution in [1.29, 1.82) is 0 Å². The molecular formula is C14H16FN3OS2. The Morgan fingerprint density at radius 2 is 2.38 bits per heavy atom. The molecule has 1 aliphatic rings. The molecule has 1 aromatic heterocycles. The standard InChI is InChI=1S/C14H16FN3OS2/c1-16-12-7-20-6-11(12)14-17-13(18-19-14)8-21-10-4-2-3-9(15)5-10/h2-5,11-12,16H,6-8H2,1H3. The van der Waals surface area contributed by atoms with Crippen molar-refractivity contribution in [3.05, 3.63) is 41.8 Å². The highest BCUT2D eigenvalue weighted by Gasteiger charge is 2.32. The molecule has 0 saturated carbocycles. The summed E-state index contributed by atoms with van der Waals surface area (Å²) in [6.45, 7) is 0. The van der Waals surface area contributed by atoms with Crippen LogP contribution in [0, 0.1) is 5.82 Å². The van der Waals surface area contributed by atoms with E-state index in [0.29, 0.717) is 23.5 Å². The lowest BCUT2D eigenvalue weighted by Crippen LogP contribution is -2.31. The van der Waals surface area contributed by atoms with E-state index in [-0.39, 0.29) is 11.7 Å². The van der Waals surface area contributed by atoms with Crippen molar-refractivity contribution in [2.45, 2.75) is 22.6 Å². The fraction of sp³-hybridized carbons (Fsp3) is 0.429. The molecule has 0 aliphatic carbocycles. The molecule has 21 heavy (non-hydrogen) atoms. The first-order chi connectivity index (χ1) is 10.3. The minimum absolute atomic E-state index is 0.228. The maximum absolute atomic E-state index is 13.1. The average Bonchev–Trinajstić information content (AvgIpc) is 3.13. The molecule has 1 N–H and O–H groups in total. The van der Waals surface area contributed by atoms with Gasteiger partial charge in [0.25, 0.3) is 0 Å². The van der Waals surface area contributed by atoms with Crippen LogP contribution in [0.25, 0.3) is 0 Å². The van der Waals surface area contributed by atoms with Gasteiger partial charge in [-0.3, -0.25) is 0 Å². The molecule has 0 radical (unpaired) electrons. The van der Waals surface area contributed by atoms with Crippen molar-refractivity contribution in [1.82, 2.24) is 15.5 Å². The molecule has 112 valence electrons. The van der Waals surface area contributed by atoms with Gasteiger partial charge in [0.2, 0.25) is 5.89 Å². The van der Waals surface area contributed by atoms with Crippen LogP contribution in [-0.4, -0.2) is 34.7 Å². The summed E-state index contributed by atoms with van der Waals surface area (Å²) in [6, 6.07) is 6.91. The SMILES string of the molecule is CNC1CSCC1c1nc(CSc2cccc(F)c2)no1. The third kappa shape index (κ3) is 3.59. The predicted molar refractivity (Wildman–Crippen MR) is 83.2 cm³/mol. The fourth-order valence-corrected chi connectivity index (χ4v) is 4.47. The van der Waals surface area contributed by atoms with Crippen molar-refractivity contribution < 1.29 is 8.91 Å². The highest BCUT2D eigenvalue weighted by molar-refractivity contribution is 7.99. The summed E-state index contributed by atoms with van der Waals surface area (Å²) >= 11 is 3.40. The van der Waals surface area contributed by atoms with Gasteiger partial charge in [0.15, 0.2) is 5.82 Å². The van der Waals surface area contributed by atoms with E-state index in [0.717, 1.165) is 16.4 Å². The molecule has 7 heteroatoms. The summed E-state index contributed by atoms with van der Waals surface area (Å²) in [7, 11) is 1.96. The molecule has 4 nitrogen and oxygen atoms in total. The number of aromatic nitrogens is 2. The zero-order chi connectivity index (χ0) is 14.7. The second-order valence-electron chi connectivity index (χ2n) is 4.83. The molecule has 1 fully saturated rings. The van der Waals surface area contributed by atoms with Crippen LogP contribution in [0.4, 0.5) is 4.39 Å². The largest absolute Gasteiger partial charge is 0.339 e. The van der Waals surface area contributed by atoms with Crippen LogP contribution in [0.5, 0.6) is 0 Å². The quantitative estimate of drug-likeness (QED) is 0.853. The van der Waals surface area contributed by atoms with Gasteiger partial charge >= 0.3 is 0 Å². The van der Waals surface area contributed by atoms with E-state index in [1.165, 1.54) is 23.9 Å². The van der Waals surface area contributed by atoms with Crippen LogP contribution >= 0.6 is 23.5 Å². The van der Waals surface area contributed by atoms with Crippen molar-refractivity contribution in [3.8, 4) is 0 Å². The fourth-order valence-electron chi connectivity index (χ4n) is 2.26. The summed E-state index contributed by atoms with van der Waals surface area (Å²) in [5.41, 5.74) is 0. The van der Waals surface area contributed by atoms with Crippen LogP contribution in [0.15, 0.2) is 33.7 Å². The van der Waals surface area contributed by atoms with Gasteiger partial charge in [-0.1, -0.05) is 11.2 Å². The maximum Gasteiger partial charge on any atom is 0.232 e. The second-order valence-corrected chi connectivity index (χ2v) is 6.96. The van der Waals surface area contributed by atoms with E-state index in [4.69, 9.17) is 4.52 Å². The zero-order valence-corrected chi connectivity index (χ0v) is 13.2. The average molecular weight is 325 g/mol. The Balaban J connectivity index is 1.63. The summed E-state index contributed by atoms with van der Waals surface area (Å²) < 4.78 is 18.5. The summed E-state index contributed by atoms with van der Waals surface area (Å²) in [5, 5.41) is 7.32. The number of nitrogens with zero attached hydrogens (tertiary/aromatic N) is 2. The Morgan fingerprint density at radius 1 is 1.48 bits per heavy atom. The van der Waals surface area contributed by atoms with Gasteiger partial charge in [0.05, 0.1) is 11.7 Å². The van der Waals surface area contributed by atoms with Gasteiger partial charge < -0.3 is 9.84 Å². The maximum atomic E-state index is 13.1. The molecule has 0 amide bonds. The Labute approximate surface area is 131 Å². The van der Waals surface area contributed by atoms with E-state index >= 15 is 0 Å². The third-order valence-electron chi connectivity index (χ3n) is 3.42. The first kappa shape index (κ1) is 14.9. The van der Waals surface area contributed by atoms with Crippen molar-refractivity contribution in [2.75, 3.05) is 18.6 Å². The number of rotatable bonds is 5. The number of halogens is 1. The van der Waals surface area contributed by atoms with Crippen LogP contribution in [0.2, 0.25) is 0 Å². The third-order valence-corrected chi connectivity index (χ3v) is 5.60. The van der Waals surface area contributed by atoms with Crippen LogP contribution < -0.4 is 5.32 Å². The molecule has 3 rings (SSSR count). The highest BCUT2D eigenvalue weighted by atomic mass is 32.2. The normalized spacial score (nSPS) is 21.8. The summed E-state index contributed by atoms with van der Waals surface area (Å²) in [5.74, 6) is 4.06. The smallest absolute Gasteiger partial charge is 0.232 e. The van der Waals surface area contributed by atoms with Gasteiger partial charge in [0, 0.05) is 22.4 Å². The molecule has 1 aromatic carbocycles. The van der Waals surface area contributed by atoms with Gasteiger partial charge in [-0.15, -0.1) is 11.8 Å². The molecule has 2 aromatic rings. The van der Waals surface area contributed by atoms with Crippen LogP contribution in [-0.2, 0) is 5.75 Å². The monoisotopic (exact) mass is 325 g/mol. The molecule has 2 atom stereocenters. The minimum atomic E-state index is -0.228. The zero-order valence-electron chi connectivity index (χ0n) is 11.6. The van der Waals surface area contributed by atoms with Gasteiger partial charge in [-0.25, -0.2) is 4.39 Å². The molecule has 1 aliphatic heterocycles. The number of hydrogen-bond acceptors (Lipinski definition) is 6. The number of benzene rings is 1. The van der Waals surface area contributed by atoms with Gasteiger partial charge in [0.1, 0.15) is 5.82 Å². The van der Waals surface area contributed by atoms with Crippen molar-refractivity contribution >= 4 is 23.5 Å². The number of hydrogen-bond donors (Lipinski definition) is 1. The van der Waals surface area contributed by atoms with E-state index in [1.54, 1.807) is 6.07 Å². The molecule has 2 unspecified atom stereocenters. The van der Waals surface area contributed by atoms with E-state index in [9.17, 15) is 4.39 Å².